The van der Waals surface area contributed by atoms with E-state index >= 15 is 0 Å². The molecule has 2 aromatic rings. The van der Waals surface area contributed by atoms with Crippen molar-refractivity contribution in [2.75, 3.05) is 0 Å². The second-order valence-electron chi connectivity index (χ2n) is 9.53. The summed E-state index contributed by atoms with van der Waals surface area (Å²) >= 11 is 0. The van der Waals surface area contributed by atoms with Crippen molar-refractivity contribution in [3.05, 3.63) is 82.4 Å². The lowest BCUT2D eigenvalue weighted by Crippen LogP contribution is -2.25. The standard InChI is InChI=1S/C26H30O2/c1-16-14-23-21(22(25(3,4)5)12-13-26(23,6)7)15-20(16)17(2)18-8-10-19(11-9-18)24(27)28/h8-12,14-15H,2,13H2,1,3-7H3,(H,27,28). The first-order valence-corrected chi connectivity index (χ1v) is 9.81. The van der Waals surface area contributed by atoms with E-state index in [1.807, 2.05) is 12.1 Å². The Hall–Kier alpha value is -2.61. The summed E-state index contributed by atoms with van der Waals surface area (Å²) in [4.78, 5) is 11.1. The van der Waals surface area contributed by atoms with Crippen LogP contribution in [0.4, 0.5) is 0 Å². The van der Waals surface area contributed by atoms with Crippen molar-refractivity contribution in [2.24, 2.45) is 5.41 Å². The van der Waals surface area contributed by atoms with Gasteiger partial charge in [0.1, 0.15) is 0 Å². The average molecular weight is 375 g/mol. The van der Waals surface area contributed by atoms with E-state index in [1.54, 1.807) is 12.1 Å². The molecule has 0 bridgehead atoms. The van der Waals surface area contributed by atoms with E-state index in [9.17, 15) is 4.79 Å². The third kappa shape index (κ3) is 3.56. The van der Waals surface area contributed by atoms with E-state index in [0.717, 1.165) is 23.1 Å². The fourth-order valence-electron chi connectivity index (χ4n) is 4.07. The number of carbonyl (C=O) groups is 1. The highest BCUT2D eigenvalue weighted by Gasteiger charge is 2.33. The van der Waals surface area contributed by atoms with Gasteiger partial charge in [-0.15, -0.1) is 0 Å². The molecule has 1 N–H and O–H groups in total. The quantitative estimate of drug-likeness (QED) is 0.637. The molecule has 0 amide bonds. The number of allylic oxidation sites excluding steroid dienone is 2. The molecule has 2 nitrogen and oxygen atoms in total. The van der Waals surface area contributed by atoms with Gasteiger partial charge in [0.2, 0.25) is 0 Å². The van der Waals surface area contributed by atoms with E-state index in [2.05, 4.69) is 66.3 Å². The van der Waals surface area contributed by atoms with Gasteiger partial charge in [0, 0.05) is 0 Å². The molecule has 0 aliphatic heterocycles. The molecule has 0 radical (unpaired) electrons. The van der Waals surface area contributed by atoms with E-state index < -0.39 is 5.97 Å². The van der Waals surface area contributed by atoms with Crippen molar-refractivity contribution < 1.29 is 9.90 Å². The highest BCUT2D eigenvalue weighted by atomic mass is 16.4. The molecule has 1 aliphatic rings. The minimum Gasteiger partial charge on any atom is -0.478 e. The number of aromatic carboxylic acids is 1. The van der Waals surface area contributed by atoms with E-state index in [0.29, 0.717) is 5.56 Å². The van der Waals surface area contributed by atoms with Gasteiger partial charge in [-0.2, -0.15) is 0 Å². The minimum absolute atomic E-state index is 0.0717. The molecule has 28 heavy (non-hydrogen) atoms. The number of carboxylic acid groups (broad SMARTS) is 1. The topological polar surface area (TPSA) is 37.3 Å². The van der Waals surface area contributed by atoms with Gasteiger partial charge in [-0.25, -0.2) is 4.79 Å². The van der Waals surface area contributed by atoms with Crippen LogP contribution in [0.15, 0.2) is 49.1 Å². The zero-order valence-corrected chi connectivity index (χ0v) is 17.8. The summed E-state index contributed by atoms with van der Waals surface area (Å²) in [5.74, 6) is -0.913. The van der Waals surface area contributed by atoms with Crippen molar-refractivity contribution in [1.82, 2.24) is 0 Å². The predicted molar refractivity (Wildman–Crippen MR) is 118 cm³/mol. The lowest BCUT2D eigenvalue weighted by molar-refractivity contribution is 0.0697. The Labute approximate surface area is 168 Å². The van der Waals surface area contributed by atoms with E-state index in [1.165, 1.54) is 22.3 Å². The molecule has 0 aromatic heterocycles. The Morgan fingerprint density at radius 1 is 1.07 bits per heavy atom. The normalized spacial score (nSPS) is 15.6. The lowest BCUT2D eigenvalue weighted by Gasteiger charge is -2.37. The zero-order valence-electron chi connectivity index (χ0n) is 17.8. The molecule has 1 aliphatic carbocycles. The molecule has 3 rings (SSSR count). The summed E-state index contributed by atoms with van der Waals surface area (Å²) in [5, 5.41) is 9.13. The van der Waals surface area contributed by atoms with Crippen LogP contribution in [0.5, 0.6) is 0 Å². The number of hydrogen-bond donors (Lipinski definition) is 1. The summed E-state index contributed by atoms with van der Waals surface area (Å²) in [6.45, 7) is 17.9. The average Bonchev–Trinajstić information content (AvgIpc) is 2.60. The number of aryl methyl sites for hydroxylation is 1. The Morgan fingerprint density at radius 2 is 1.64 bits per heavy atom. The largest absolute Gasteiger partial charge is 0.478 e. The number of fused-ring (bicyclic) bond motifs is 1. The molecular weight excluding hydrogens is 344 g/mol. The molecule has 146 valence electrons. The van der Waals surface area contributed by atoms with Crippen LogP contribution in [-0.2, 0) is 5.41 Å². The van der Waals surface area contributed by atoms with Crippen LogP contribution in [0.1, 0.15) is 79.2 Å². The zero-order chi connectivity index (χ0) is 20.9. The maximum absolute atomic E-state index is 11.1. The van der Waals surface area contributed by atoms with Gasteiger partial charge < -0.3 is 5.11 Å². The van der Waals surface area contributed by atoms with Crippen molar-refractivity contribution >= 4 is 17.1 Å². The molecular formula is C26H30O2. The molecule has 0 unspecified atom stereocenters. The first-order valence-electron chi connectivity index (χ1n) is 9.81. The Bertz CT molecular complexity index is 980. The summed E-state index contributed by atoms with van der Waals surface area (Å²) in [6, 6.07) is 11.6. The summed E-state index contributed by atoms with van der Waals surface area (Å²) in [5.41, 5.74) is 8.76. The van der Waals surface area contributed by atoms with Gasteiger partial charge in [0.15, 0.2) is 0 Å². The van der Waals surface area contributed by atoms with Crippen LogP contribution in [0.25, 0.3) is 11.1 Å². The van der Waals surface area contributed by atoms with Crippen LogP contribution in [-0.4, -0.2) is 11.1 Å². The van der Waals surface area contributed by atoms with Crippen LogP contribution in [0, 0.1) is 12.3 Å². The Balaban J connectivity index is 2.13. The van der Waals surface area contributed by atoms with Crippen molar-refractivity contribution in [3.8, 4) is 0 Å². The maximum atomic E-state index is 11.1. The second-order valence-corrected chi connectivity index (χ2v) is 9.53. The Morgan fingerprint density at radius 3 is 2.18 bits per heavy atom. The third-order valence-electron chi connectivity index (χ3n) is 5.81. The molecule has 0 fully saturated rings. The maximum Gasteiger partial charge on any atom is 0.335 e. The molecule has 0 heterocycles. The van der Waals surface area contributed by atoms with Crippen molar-refractivity contribution in [1.29, 1.82) is 0 Å². The van der Waals surface area contributed by atoms with Gasteiger partial charge in [-0.3, -0.25) is 0 Å². The lowest BCUT2D eigenvalue weighted by atomic mass is 9.67. The third-order valence-corrected chi connectivity index (χ3v) is 5.81. The van der Waals surface area contributed by atoms with Crippen LogP contribution in [0.3, 0.4) is 0 Å². The van der Waals surface area contributed by atoms with Crippen LogP contribution in [0.2, 0.25) is 0 Å². The fourth-order valence-corrected chi connectivity index (χ4v) is 4.07. The first kappa shape index (κ1) is 20.1. The highest BCUT2D eigenvalue weighted by Crippen LogP contribution is 2.47. The van der Waals surface area contributed by atoms with Crippen molar-refractivity contribution in [2.45, 2.75) is 53.4 Å². The molecule has 0 spiro atoms. The minimum atomic E-state index is -0.913. The second kappa shape index (κ2) is 6.77. The Kier molecular flexibility index (Phi) is 4.87. The summed E-state index contributed by atoms with van der Waals surface area (Å²) in [7, 11) is 0. The van der Waals surface area contributed by atoms with Crippen molar-refractivity contribution in [3.63, 3.8) is 0 Å². The van der Waals surface area contributed by atoms with Gasteiger partial charge >= 0.3 is 5.97 Å². The number of rotatable bonds is 3. The number of hydrogen-bond acceptors (Lipinski definition) is 1. The van der Waals surface area contributed by atoms with E-state index in [4.69, 9.17) is 5.11 Å². The number of carboxylic acids is 1. The molecule has 2 aromatic carbocycles. The fraction of sp³-hybridized carbons (Fsp3) is 0.346. The van der Waals surface area contributed by atoms with E-state index in [-0.39, 0.29) is 10.8 Å². The van der Waals surface area contributed by atoms with Gasteiger partial charge in [-0.1, -0.05) is 65.5 Å². The van der Waals surface area contributed by atoms with Gasteiger partial charge in [0.25, 0.3) is 0 Å². The van der Waals surface area contributed by atoms with Gasteiger partial charge in [-0.05, 0) is 81.3 Å². The van der Waals surface area contributed by atoms with Crippen LogP contribution >= 0.6 is 0 Å². The summed E-state index contributed by atoms with van der Waals surface area (Å²) in [6.07, 6.45) is 3.44. The molecule has 0 saturated carbocycles. The van der Waals surface area contributed by atoms with Crippen LogP contribution < -0.4 is 0 Å². The first-order chi connectivity index (χ1) is 12.9. The summed E-state index contributed by atoms with van der Waals surface area (Å²) < 4.78 is 0. The molecule has 0 atom stereocenters. The predicted octanol–water partition coefficient (Wildman–Crippen LogP) is 6.87. The number of benzene rings is 2. The monoisotopic (exact) mass is 374 g/mol. The molecule has 2 heteroatoms. The smallest absolute Gasteiger partial charge is 0.335 e. The highest BCUT2D eigenvalue weighted by molar-refractivity contribution is 5.89. The molecule has 0 saturated heterocycles. The van der Waals surface area contributed by atoms with Gasteiger partial charge in [0.05, 0.1) is 5.56 Å². The SMILES string of the molecule is C=C(c1ccc(C(=O)O)cc1)c1cc2c(cc1C)C(C)(C)CC=C2C(C)(C)C.